The van der Waals surface area contributed by atoms with Gasteiger partial charge in [0.2, 0.25) is 0 Å². The van der Waals surface area contributed by atoms with Gasteiger partial charge in [-0.2, -0.15) is 0 Å². The zero-order valence-electron chi connectivity index (χ0n) is 9.45. The summed E-state index contributed by atoms with van der Waals surface area (Å²) >= 11 is 0. The fourth-order valence-corrected chi connectivity index (χ4v) is 1.90. The second-order valence-corrected chi connectivity index (χ2v) is 4.00. The molecule has 0 spiro atoms. The first kappa shape index (κ1) is 12.5. The van der Waals surface area contributed by atoms with E-state index in [9.17, 15) is 9.59 Å². The van der Waals surface area contributed by atoms with Crippen molar-refractivity contribution in [3.05, 3.63) is 12.2 Å². The van der Waals surface area contributed by atoms with Crippen molar-refractivity contribution in [3.8, 4) is 0 Å². The van der Waals surface area contributed by atoms with Crippen molar-refractivity contribution in [2.24, 2.45) is 0 Å². The second kappa shape index (κ2) is 5.53. The van der Waals surface area contributed by atoms with Crippen molar-refractivity contribution in [3.63, 3.8) is 0 Å². The maximum absolute atomic E-state index is 11.5. The standard InChI is InChI=1S/C11H18N2O3/c1-2-3-8-12-10(16)13-11(9(14)15)6-4-5-7-11/h2-3H,4-8H2,1H3,(H,14,15)(H2,12,13,16)/b3-2+. The van der Waals surface area contributed by atoms with Gasteiger partial charge < -0.3 is 15.7 Å². The van der Waals surface area contributed by atoms with Gasteiger partial charge in [-0.1, -0.05) is 25.0 Å². The minimum Gasteiger partial charge on any atom is -0.480 e. The van der Waals surface area contributed by atoms with Crippen LogP contribution in [-0.4, -0.2) is 29.2 Å². The summed E-state index contributed by atoms with van der Waals surface area (Å²) in [5.74, 6) is -0.939. The van der Waals surface area contributed by atoms with E-state index in [1.54, 1.807) is 6.08 Å². The van der Waals surface area contributed by atoms with E-state index in [1.807, 2.05) is 13.0 Å². The normalized spacial score (nSPS) is 18.6. The lowest BCUT2D eigenvalue weighted by molar-refractivity contribution is -0.144. The molecular formula is C11H18N2O3. The Hall–Kier alpha value is -1.52. The van der Waals surface area contributed by atoms with Gasteiger partial charge in [0.1, 0.15) is 5.54 Å². The van der Waals surface area contributed by atoms with Crippen molar-refractivity contribution in [2.75, 3.05) is 6.54 Å². The van der Waals surface area contributed by atoms with E-state index in [4.69, 9.17) is 5.11 Å². The van der Waals surface area contributed by atoms with Crippen LogP contribution in [0.2, 0.25) is 0 Å². The SMILES string of the molecule is C/C=C/CNC(=O)NC1(C(=O)O)CCCC1. The molecule has 3 N–H and O–H groups in total. The summed E-state index contributed by atoms with van der Waals surface area (Å²) in [5.41, 5.74) is -1.06. The predicted molar refractivity (Wildman–Crippen MR) is 60.2 cm³/mol. The average molecular weight is 226 g/mol. The van der Waals surface area contributed by atoms with Gasteiger partial charge in [-0.3, -0.25) is 0 Å². The molecule has 0 aromatic rings. The number of carbonyl (C=O) groups is 2. The molecule has 0 saturated heterocycles. The molecule has 16 heavy (non-hydrogen) atoms. The first-order valence-electron chi connectivity index (χ1n) is 5.51. The third-order valence-electron chi connectivity index (χ3n) is 2.84. The Balaban J connectivity index is 2.49. The van der Waals surface area contributed by atoms with Gasteiger partial charge in [-0.15, -0.1) is 0 Å². The second-order valence-electron chi connectivity index (χ2n) is 4.00. The van der Waals surface area contributed by atoms with Crippen molar-refractivity contribution in [2.45, 2.75) is 38.1 Å². The van der Waals surface area contributed by atoms with Gasteiger partial charge in [-0.25, -0.2) is 9.59 Å². The summed E-state index contributed by atoms with van der Waals surface area (Å²) in [6, 6.07) is -0.414. The number of carbonyl (C=O) groups excluding carboxylic acids is 1. The Morgan fingerprint density at radius 1 is 1.38 bits per heavy atom. The van der Waals surface area contributed by atoms with E-state index in [-0.39, 0.29) is 0 Å². The summed E-state index contributed by atoms with van der Waals surface area (Å²) in [5, 5.41) is 14.3. The van der Waals surface area contributed by atoms with Gasteiger partial charge in [0.25, 0.3) is 0 Å². The summed E-state index contributed by atoms with van der Waals surface area (Å²) in [7, 11) is 0. The lowest BCUT2D eigenvalue weighted by atomic mass is 9.98. The minimum absolute atomic E-state index is 0.414. The van der Waals surface area contributed by atoms with Crippen molar-refractivity contribution >= 4 is 12.0 Å². The number of carboxylic acid groups (broad SMARTS) is 1. The van der Waals surface area contributed by atoms with Gasteiger partial charge in [0.15, 0.2) is 0 Å². The molecule has 90 valence electrons. The highest BCUT2D eigenvalue weighted by atomic mass is 16.4. The molecule has 5 nitrogen and oxygen atoms in total. The molecular weight excluding hydrogens is 208 g/mol. The predicted octanol–water partition coefficient (Wildman–Crippen LogP) is 1.26. The monoisotopic (exact) mass is 226 g/mol. The van der Waals surface area contributed by atoms with Crippen molar-refractivity contribution < 1.29 is 14.7 Å². The molecule has 0 heterocycles. The Kier molecular flexibility index (Phi) is 4.34. The zero-order chi connectivity index (χ0) is 12.0. The molecule has 5 heteroatoms. The van der Waals surface area contributed by atoms with E-state index in [1.165, 1.54) is 0 Å². The number of rotatable bonds is 4. The molecule has 1 aliphatic carbocycles. The number of nitrogens with one attached hydrogen (secondary N) is 2. The lowest BCUT2D eigenvalue weighted by Gasteiger charge is -2.25. The van der Waals surface area contributed by atoms with E-state index in [0.29, 0.717) is 19.4 Å². The lowest BCUT2D eigenvalue weighted by Crippen LogP contribution is -2.55. The topological polar surface area (TPSA) is 78.4 Å². The zero-order valence-corrected chi connectivity index (χ0v) is 9.45. The highest BCUT2D eigenvalue weighted by Gasteiger charge is 2.42. The Morgan fingerprint density at radius 3 is 2.50 bits per heavy atom. The van der Waals surface area contributed by atoms with E-state index >= 15 is 0 Å². The summed E-state index contributed by atoms with van der Waals surface area (Å²) in [4.78, 5) is 22.6. The largest absolute Gasteiger partial charge is 0.480 e. The van der Waals surface area contributed by atoms with E-state index < -0.39 is 17.5 Å². The third kappa shape index (κ3) is 2.98. The first-order chi connectivity index (χ1) is 7.60. The van der Waals surface area contributed by atoms with Crippen molar-refractivity contribution in [1.82, 2.24) is 10.6 Å². The highest BCUT2D eigenvalue weighted by molar-refractivity contribution is 5.86. The maximum atomic E-state index is 11.5. The van der Waals surface area contributed by atoms with Crippen LogP contribution in [0.5, 0.6) is 0 Å². The fourth-order valence-electron chi connectivity index (χ4n) is 1.90. The number of hydrogen-bond donors (Lipinski definition) is 3. The molecule has 0 radical (unpaired) electrons. The molecule has 0 aromatic carbocycles. The molecule has 1 aliphatic rings. The smallest absolute Gasteiger partial charge is 0.329 e. The Labute approximate surface area is 94.9 Å². The summed E-state index contributed by atoms with van der Waals surface area (Å²) in [6.45, 7) is 2.27. The number of urea groups is 1. The third-order valence-corrected chi connectivity index (χ3v) is 2.84. The van der Waals surface area contributed by atoms with Gasteiger partial charge in [-0.05, 0) is 19.8 Å². The maximum Gasteiger partial charge on any atom is 0.329 e. The Bertz CT molecular complexity index is 294. The Morgan fingerprint density at radius 2 is 2.00 bits per heavy atom. The quantitative estimate of drug-likeness (QED) is 0.631. The highest BCUT2D eigenvalue weighted by Crippen LogP contribution is 2.29. The molecule has 1 rings (SSSR count). The number of amides is 2. The first-order valence-corrected chi connectivity index (χ1v) is 5.51. The molecule has 0 aromatic heterocycles. The molecule has 0 bridgehead atoms. The van der Waals surface area contributed by atoms with Gasteiger partial charge >= 0.3 is 12.0 Å². The van der Waals surface area contributed by atoms with Crippen LogP contribution in [-0.2, 0) is 4.79 Å². The van der Waals surface area contributed by atoms with Crippen LogP contribution < -0.4 is 10.6 Å². The van der Waals surface area contributed by atoms with E-state index in [2.05, 4.69) is 10.6 Å². The molecule has 0 atom stereocenters. The average Bonchev–Trinajstić information content (AvgIpc) is 2.68. The summed E-state index contributed by atoms with van der Waals surface area (Å²) < 4.78 is 0. The van der Waals surface area contributed by atoms with E-state index in [0.717, 1.165) is 12.8 Å². The number of hydrogen-bond acceptors (Lipinski definition) is 2. The summed E-state index contributed by atoms with van der Waals surface area (Å²) in [6.07, 6.45) is 6.34. The van der Waals surface area contributed by atoms with Crippen LogP contribution >= 0.6 is 0 Å². The minimum atomic E-state index is -1.06. The molecule has 2 amide bonds. The van der Waals surface area contributed by atoms with Gasteiger partial charge in [0.05, 0.1) is 0 Å². The van der Waals surface area contributed by atoms with Crippen LogP contribution in [0.1, 0.15) is 32.6 Å². The molecule has 0 aliphatic heterocycles. The molecule has 1 fully saturated rings. The number of allylic oxidation sites excluding steroid dienone is 1. The van der Waals surface area contributed by atoms with Crippen LogP contribution in [0.25, 0.3) is 0 Å². The van der Waals surface area contributed by atoms with Crippen LogP contribution in [0, 0.1) is 0 Å². The van der Waals surface area contributed by atoms with Crippen molar-refractivity contribution in [1.29, 1.82) is 0 Å². The molecule has 0 unspecified atom stereocenters. The van der Waals surface area contributed by atoms with Gasteiger partial charge in [0, 0.05) is 6.54 Å². The fraction of sp³-hybridized carbons (Fsp3) is 0.636. The van der Waals surface area contributed by atoms with Crippen LogP contribution in [0.3, 0.4) is 0 Å². The number of aliphatic carboxylic acids is 1. The number of carboxylic acids is 1. The van der Waals surface area contributed by atoms with Crippen LogP contribution in [0.4, 0.5) is 4.79 Å². The molecule has 1 saturated carbocycles. The van der Waals surface area contributed by atoms with Crippen LogP contribution in [0.15, 0.2) is 12.2 Å².